The van der Waals surface area contributed by atoms with Gasteiger partial charge in [-0.2, -0.15) is 13.2 Å². The maximum absolute atomic E-state index is 12.8. The summed E-state index contributed by atoms with van der Waals surface area (Å²) in [6, 6.07) is 7.44. The zero-order valence-electron chi connectivity index (χ0n) is 12.6. The van der Waals surface area contributed by atoms with Crippen LogP contribution in [0, 0.1) is 0 Å². The van der Waals surface area contributed by atoms with Crippen LogP contribution in [0.5, 0.6) is 0 Å². The van der Waals surface area contributed by atoms with Gasteiger partial charge in [0.2, 0.25) is 0 Å². The molecular weight excluding hydrogens is 311 g/mol. The summed E-state index contributed by atoms with van der Waals surface area (Å²) in [7, 11) is 0. The molecule has 0 aliphatic heterocycles. The van der Waals surface area contributed by atoms with E-state index < -0.39 is 11.7 Å². The van der Waals surface area contributed by atoms with Crippen molar-refractivity contribution in [2.45, 2.75) is 38.8 Å². The van der Waals surface area contributed by atoms with E-state index in [9.17, 15) is 13.2 Å². The van der Waals surface area contributed by atoms with E-state index in [1.807, 2.05) is 12.1 Å². The van der Waals surface area contributed by atoms with Crippen molar-refractivity contribution in [1.82, 2.24) is 4.98 Å². The van der Waals surface area contributed by atoms with Crippen molar-refractivity contribution in [1.29, 1.82) is 0 Å². The maximum atomic E-state index is 12.8. The van der Waals surface area contributed by atoms with Gasteiger partial charge >= 0.3 is 6.18 Å². The van der Waals surface area contributed by atoms with Gasteiger partial charge in [0.25, 0.3) is 0 Å². The van der Waals surface area contributed by atoms with Crippen LogP contribution in [0.1, 0.15) is 43.2 Å². The molecule has 0 amide bonds. The number of benzene rings is 1. The van der Waals surface area contributed by atoms with Crippen LogP contribution in [0.2, 0.25) is 5.02 Å². The van der Waals surface area contributed by atoms with Gasteiger partial charge in [0.15, 0.2) is 0 Å². The lowest BCUT2D eigenvalue weighted by Crippen LogP contribution is -2.12. The molecule has 0 radical (unpaired) electrons. The monoisotopic (exact) mass is 327 g/mol. The smallest absolute Gasteiger partial charge is 0.261 e. The van der Waals surface area contributed by atoms with Crippen molar-refractivity contribution in [3.63, 3.8) is 0 Å². The Labute approximate surface area is 133 Å². The summed E-state index contributed by atoms with van der Waals surface area (Å²) in [6.07, 6.45) is -2.40. The zero-order valence-corrected chi connectivity index (χ0v) is 13.4. The van der Waals surface area contributed by atoms with Crippen LogP contribution in [-0.2, 0) is 18.0 Å². The molecule has 2 rings (SSSR count). The second kappa shape index (κ2) is 5.92. The highest BCUT2D eigenvalue weighted by molar-refractivity contribution is 6.30. The average Bonchev–Trinajstić information content (AvgIpc) is 2.36. The molecule has 0 fully saturated rings. The number of alkyl halides is 3. The molecule has 0 saturated carbocycles. The molecule has 1 heterocycles. The van der Waals surface area contributed by atoms with Crippen LogP contribution in [-0.4, -0.2) is 4.98 Å². The molecule has 0 aliphatic carbocycles. The Morgan fingerprint density at radius 2 is 1.68 bits per heavy atom. The Kier molecular flexibility index (Phi) is 4.52. The van der Waals surface area contributed by atoms with Gasteiger partial charge in [-0.3, -0.25) is 4.98 Å². The highest BCUT2D eigenvalue weighted by Gasteiger charge is 2.31. The molecule has 0 unspecified atom stereocenters. The van der Waals surface area contributed by atoms with Gasteiger partial charge in [-0.05, 0) is 46.9 Å². The fourth-order valence-corrected chi connectivity index (χ4v) is 2.42. The summed E-state index contributed by atoms with van der Waals surface area (Å²) >= 11 is 5.81. The molecule has 0 bridgehead atoms. The third-order valence-corrected chi connectivity index (χ3v) is 3.57. The van der Waals surface area contributed by atoms with Crippen LogP contribution in [0.25, 0.3) is 0 Å². The molecule has 1 aromatic carbocycles. The second-order valence-electron chi connectivity index (χ2n) is 6.31. The number of halogens is 4. The van der Waals surface area contributed by atoms with Crippen LogP contribution >= 0.6 is 11.6 Å². The van der Waals surface area contributed by atoms with E-state index in [2.05, 4.69) is 25.8 Å². The average molecular weight is 328 g/mol. The maximum Gasteiger partial charge on any atom is 0.416 e. The van der Waals surface area contributed by atoms with Crippen molar-refractivity contribution in [3.05, 3.63) is 63.9 Å². The van der Waals surface area contributed by atoms with Gasteiger partial charge in [0.1, 0.15) is 0 Å². The molecule has 118 valence electrons. The van der Waals surface area contributed by atoms with Crippen LogP contribution in [0.3, 0.4) is 0 Å². The molecule has 1 aromatic heterocycles. The third kappa shape index (κ3) is 4.23. The van der Waals surface area contributed by atoms with E-state index >= 15 is 0 Å². The van der Waals surface area contributed by atoms with E-state index in [4.69, 9.17) is 11.6 Å². The molecule has 0 atom stereocenters. The Morgan fingerprint density at radius 3 is 2.27 bits per heavy atom. The van der Waals surface area contributed by atoms with Crippen molar-refractivity contribution >= 4 is 11.6 Å². The second-order valence-corrected chi connectivity index (χ2v) is 6.74. The lowest BCUT2D eigenvalue weighted by molar-refractivity contribution is -0.137. The first-order valence-electron chi connectivity index (χ1n) is 6.88. The molecule has 22 heavy (non-hydrogen) atoms. The Balaban J connectivity index is 2.34. The summed E-state index contributed by atoms with van der Waals surface area (Å²) in [4.78, 5) is 4.25. The Hall–Kier alpha value is -1.55. The van der Waals surface area contributed by atoms with Crippen LogP contribution in [0.4, 0.5) is 13.2 Å². The lowest BCUT2D eigenvalue weighted by Gasteiger charge is -2.19. The molecular formula is C17H17ClF3N. The Bertz CT molecular complexity index is 672. The van der Waals surface area contributed by atoms with E-state index in [-0.39, 0.29) is 10.4 Å². The van der Waals surface area contributed by atoms with Crippen molar-refractivity contribution in [2.24, 2.45) is 0 Å². The first kappa shape index (κ1) is 16.8. The first-order valence-corrected chi connectivity index (χ1v) is 7.25. The molecule has 0 spiro atoms. The number of aromatic nitrogens is 1. The van der Waals surface area contributed by atoms with E-state index in [1.165, 1.54) is 0 Å². The summed E-state index contributed by atoms with van der Waals surface area (Å²) in [5.41, 5.74) is 1.54. The van der Waals surface area contributed by atoms with Crippen molar-refractivity contribution in [2.75, 3.05) is 0 Å². The number of pyridine rings is 1. The number of hydrogen-bond donors (Lipinski definition) is 0. The summed E-state index contributed by atoms with van der Waals surface area (Å²) < 4.78 is 38.5. The summed E-state index contributed by atoms with van der Waals surface area (Å²) in [5.74, 6) is 0. The van der Waals surface area contributed by atoms with Gasteiger partial charge in [-0.1, -0.05) is 32.4 Å². The fourth-order valence-electron chi connectivity index (χ4n) is 2.17. The van der Waals surface area contributed by atoms with E-state index in [1.54, 1.807) is 12.3 Å². The van der Waals surface area contributed by atoms with Gasteiger partial charge in [-0.25, -0.2) is 0 Å². The minimum Gasteiger partial charge on any atom is -0.261 e. The lowest BCUT2D eigenvalue weighted by atomic mass is 9.87. The summed E-state index contributed by atoms with van der Waals surface area (Å²) in [5, 5.41) is 0.0804. The molecule has 0 saturated heterocycles. The van der Waals surface area contributed by atoms with Gasteiger partial charge in [0.05, 0.1) is 5.56 Å². The van der Waals surface area contributed by atoms with Crippen molar-refractivity contribution < 1.29 is 13.2 Å². The van der Waals surface area contributed by atoms with Gasteiger partial charge < -0.3 is 0 Å². The van der Waals surface area contributed by atoms with E-state index in [0.717, 1.165) is 23.4 Å². The predicted octanol–water partition coefficient (Wildman–Crippen LogP) is 5.64. The number of nitrogens with zero attached hydrogens (tertiary/aromatic N) is 1. The predicted molar refractivity (Wildman–Crippen MR) is 82.2 cm³/mol. The summed E-state index contributed by atoms with van der Waals surface area (Å²) in [6.45, 7) is 6.23. The molecule has 0 aliphatic rings. The molecule has 2 aromatic rings. The highest BCUT2D eigenvalue weighted by Crippen LogP contribution is 2.32. The highest BCUT2D eigenvalue weighted by atomic mass is 35.5. The topological polar surface area (TPSA) is 12.9 Å². The third-order valence-electron chi connectivity index (χ3n) is 3.35. The fraction of sp³-hybridized carbons (Fsp3) is 0.353. The number of rotatable bonds is 2. The van der Waals surface area contributed by atoms with Gasteiger partial charge in [0, 0.05) is 23.3 Å². The molecule has 0 N–H and O–H groups in total. The zero-order chi connectivity index (χ0) is 16.5. The van der Waals surface area contributed by atoms with Crippen LogP contribution in [0.15, 0.2) is 36.5 Å². The minimum absolute atomic E-state index is 0.0385. The largest absolute Gasteiger partial charge is 0.416 e. The SMILES string of the molecule is CC(C)(C)c1ccnc(Cc2cc(Cl)cc(C(F)(F)F)c2)c1. The standard InChI is InChI=1S/C17H17ClF3N/c1-16(2,3)12-4-5-22-15(10-12)8-11-6-13(17(19,20)21)9-14(18)7-11/h4-7,9-10H,8H2,1-3H3. The van der Waals surface area contributed by atoms with Gasteiger partial charge in [-0.15, -0.1) is 0 Å². The number of hydrogen-bond acceptors (Lipinski definition) is 1. The molecule has 5 heteroatoms. The normalized spacial score (nSPS) is 12.5. The van der Waals surface area contributed by atoms with Crippen molar-refractivity contribution in [3.8, 4) is 0 Å². The first-order chi connectivity index (χ1) is 10.1. The Morgan fingerprint density at radius 1 is 1.00 bits per heavy atom. The molecule has 1 nitrogen and oxygen atoms in total. The minimum atomic E-state index is -4.40. The quantitative estimate of drug-likeness (QED) is 0.695. The van der Waals surface area contributed by atoms with E-state index in [0.29, 0.717) is 12.0 Å². The van der Waals surface area contributed by atoms with Crippen LogP contribution < -0.4 is 0 Å².